The highest BCUT2D eigenvalue weighted by Gasteiger charge is 2.08. The lowest BCUT2D eigenvalue weighted by atomic mass is 10.2. The van der Waals surface area contributed by atoms with Crippen molar-refractivity contribution in [3.63, 3.8) is 0 Å². The highest BCUT2D eigenvalue weighted by atomic mass is 16.2. The maximum Gasteiger partial charge on any atom is 0.243 e. The van der Waals surface area contributed by atoms with Gasteiger partial charge in [-0.1, -0.05) is 12.1 Å². The number of nitrogens with zero attached hydrogens (tertiary/aromatic N) is 4. The van der Waals surface area contributed by atoms with Gasteiger partial charge in [-0.05, 0) is 24.3 Å². The summed E-state index contributed by atoms with van der Waals surface area (Å²) in [6, 6.07) is 7.19. The molecule has 1 heterocycles. The monoisotopic (exact) mass is 246 g/mol. The molecule has 2 aromatic rings. The summed E-state index contributed by atoms with van der Waals surface area (Å²) in [5.41, 5.74) is 7.08. The summed E-state index contributed by atoms with van der Waals surface area (Å²) in [5.74, 6) is 0.306. The lowest BCUT2D eigenvalue weighted by Gasteiger charge is -1.99. The largest absolute Gasteiger partial charge is 0.399 e. The average Bonchev–Trinajstić information content (AvgIpc) is 2.78. The minimum atomic E-state index is -0.144. The Hall–Kier alpha value is -2.44. The van der Waals surface area contributed by atoms with Gasteiger partial charge in [0.25, 0.3) is 0 Å². The fourth-order valence-electron chi connectivity index (χ4n) is 1.49. The molecule has 18 heavy (non-hydrogen) atoms. The molecule has 2 rings (SSSR count). The minimum Gasteiger partial charge on any atom is -0.399 e. The molecular weight excluding hydrogens is 232 g/mol. The molecule has 0 atom stereocenters. The Balaban J connectivity index is 2.13. The number of amides is 1. The van der Waals surface area contributed by atoms with E-state index in [0.29, 0.717) is 18.1 Å². The zero-order valence-electron chi connectivity index (χ0n) is 10.00. The van der Waals surface area contributed by atoms with E-state index in [0.717, 1.165) is 5.56 Å². The molecular formula is C11H14N6O. The van der Waals surface area contributed by atoms with E-state index < -0.39 is 0 Å². The molecule has 0 aliphatic rings. The first-order valence-corrected chi connectivity index (χ1v) is 5.59. The minimum absolute atomic E-state index is 0.0587. The van der Waals surface area contributed by atoms with Crippen molar-refractivity contribution in [3.8, 4) is 11.4 Å². The van der Waals surface area contributed by atoms with E-state index in [-0.39, 0.29) is 12.5 Å². The van der Waals surface area contributed by atoms with E-state index in [9.17, 15) is 4.79 Å². The Labute approximate surface area is 104 Å². The van der Waals surface area contributed by atoms with Crippen LogP contribution < -0.4 is 11.1 Å². The van der Waals surface area contributed by atoms with Crippen LogP contribution in [0.2, 0.25) is 0 Å². The van der Waals surface area contributed by atoms with Crippen molar-refractivity contribution in [2.24, 2.45) is 0 Å². The van der Waals surface area contributed by atoms with E-state index >= 15 is 0 Å². The molecule has 1 aromatic heterocycles. The zero-order valence-corrected chi connectivity index (χ0v) is 10.00. The summed E-state index contributed by atoms with van der Waals surface area (Å²) in [6.07, 6.45) is 0. The zero-order chi connectivity index (χ0) is 13.0. The van der Waals surface area contributed by atoms with Gasteiger partial charge in [0.2, 0.25) is 11.7 Å². The van der Waals surface area contributed by atoms with Crippen LogP contribution in [0.4, 0.5) is 5.69 Å². The van der Waals surface area contributed by atoms with Gasteiger partial charge in [-0.15, -0.1) is 10.2 Å². The van der Waals surface area contributed by atoms with Gasteiger partial charge in [-0.2, -0.15) is 4.80 Å². The van der Waals surface area contributed by atoms with Crippen LogP contribution in [-0.2, 0) is 11.3 Å². The Morgan fingerprint density at radius 3 is 3.06 bits per heavy atom. The van der Waals surface area contributed by atoms with Crippen LogP contribution in [0.25, 0.3) is 11.4 Å². The Kier molecular flexibility index (Phi) is 3.52. The van der Waals surface area contributed by atoms with Gasteiger partial charge < -0.3 is 11.1 Å². The first-order chi connectivity index (χ1) is 8.69. The van der Waals surface area contributed by atoms with Gasteiger partial charge in [0, 0.05) is 17.8 Å². The van der Waals surface area contributed by atoms with Crippen LogP contribution in [0.1, 0.15) is 6.92 Å². The number of nitrogens with two attached hydrogens (primary N) is 1. The van der Waals surface area contributed by atoms with Crippen molar-refractivity contribution in [1.29, 1.82) is 0 Å². The number of hydrogen-bond acceptors (Lipinski definition) is 5. The Morgan fingerprint density at radius 2 is 2.33 bits per heavy atom. The van der Waals surface area contributed by atoms with Crippen molar-refractivity contribution in [2.45, 2.75) is 13.5 Å². The number of nitrogen functional groups attached to an aromatic ring is 1. The number of anilines is 1. The molecule has 0 unspecified atom stereocenters. The van der Waals surface area contributed by atoms with Crippen molar-refractivity contribution in [1.82, 2.24) is 25.5 Å². The van der Waals surface area contributed by atoms with E-state index in [1.54, 1.807) is 12.1 Å². The highest BCUT2D eigenvalue weighted by Crippen LogP contribution is 2.16. The molecule has 1 amide bonds. The van der Waals surface area contributed by atoms with E-state index in [4.69, 9.17) is 5.73 Å². The number of hydrogen-bond donors (Lipinski definition) is 2. The maximum absolute atomic E-state index is 11.4. The van der Waals surface area contributed by atoms with Crippen LogP contribution in [0.5, 0.6) is 0 Å². The first-order valence-electron chi connectivity index (χ1n) is 5.59. The Morgan fingerprint density at radius 1 is 1.50 bits per heavy atom. The van der Waals surface area contributed by atoms with Gasteiger partial charge in [0.05, 0.1) is 0 Å². The maximum atomic E-state index is 11.4. The quantitative estimate of drug-likeness (QED) is 0.743. The number of likely N-dealkylation sites (N-methyl/N-ethyl adjacent to an activating group) is 1. The number of aromatic nitrogens is 4. The van der Waals surface area contributed by atoms with Gasteiger partial charge in [0.1, 0.15) is 6.54 Å². The van der Waals surface area contributed by atoms with E-state index in [1.165, 1.54) is 4.80 Å². The van der Waals surface area contributed by atoms with Crippen molar-refractivity contribution < 1.29 is 4.79 Å². The van der Waals surface area contributed by atoms with Crippen LogP contribution in [0, 0.1) is 0 Å². The number of carbonyl (C=O) groups is 1. The summed E-state index contributed by atoms with van der Waals surface area (Å²) >= 11 is 0. The molecule has 3 N–H and O–H groups in total. The van der Waals surface area contributed by atoms with Gasteiger partial charge >= 0.3 is 0 Å². The second kappa shape index (κ2) is 5.26. The molecule has 1 aromatic carbocycles. The van der Waals surface area contributed by atoms with Crippen molar-refractivity contribution >= 4 is 11.6 Å². The molecule has 0 fully saturated rings. The van der Waals surface area contributed by atoms with Crippen LogP contribution in [-0.4, -0.2) is 32.7 Å². The van der Waals surface area contributed by atoms with Gasteiger partial charge in [-0.3, -0.25) is 4.79 Å². The molecule has 0 radical (unpaired) electrons. The molecule has 0 aliphatic carbocycles. The molecule has 7 nitrogen and oxygen atoms in total. The third kappa shape index (κ3) is 2.82. The lowest BCUT2D eigenvalue weighted by Crippen LogP contribution is -2.28. The van der Waals surface area contributed by atoms with Gasteiger partial charge in [-0.25, -0.2) is 0 Å². The molecule has 7 heteroatoms. The number of carbonyl (C=O) groups excluding carboxylic acids is 1. The molecule has 0 saturated heterocycles. The number of tetrazole rings is 1. The molecule has 94 valence electrons. The summed E-state index contributed by atoms with van der Waals surface area (Å²) in [5, 5.41) is 14.5. The second-order valence-electron chi connectivity index (χ2n) is 3.72. The molecule has 0 aliphatic heterocycles. The van der Waals surface area contributed by atoms with E-state index in [1.807, 2.05) is 19.1 Å². The van der Waals surface area contributed by atoms with Crippen LogP contribution >= 0.6 is 0 Å². The number of benzene rings is 1. The second-order valence-corrected chi connectivity index (χ2v) is 3.72. The summed E-state index contributed by atoms with van der Waals surface area (Å²) < 4.78 is 0. The normalized spacial score (nSPS) is 10.3. The first kappa shape index (κ1) is 12.0. The lowest BCUT2D eigenvalue weighted by molar-refractivity contribution is -0.121. The number of rotatable bonds is 4. The van der Waals surface area contributed by atoms with Crippen molar-refractivity contribution in [2.75, 3.05) is 12.3 Å². The summed E-state index contributed by atoms with van der Waals surface area (Å²) in [4.78, 5) is 12.6. The standard InChI is InChI=1S/C11H14N6O/c1-2-13-10(18)7-17-15-11(14-16-17)8-4-3-5-9(12)6-8/h3-6H,2,7,12H2,1H3,(H,13,18). The fraction of sp³-hybridized carbons (Fsp3) is 0.273. The third-order valence-corrected chi connectivity index (χ3v) is 2.26. The topological polar surface area (TPSA) is 98.7 Å². The SMILES string of the molecule is CCNC(=O)Cn1nnc(-c2cccc(N)c2)n1. The van der Waals surface area contributed by atoms with E-state index in [2.05, 4.69) is 20.7 Å². The summed E-state index contributed by atoms with van der Waals surface area (Å²) in [7, 11) is 0. The predicted molar refractivity (Wildman–Crippen MR) is 66.3 cm³/mol. The molecule has 0 saturated carbocycles. The third-order valence-electron chi connectivity index (χ3n) is 2.26. The average molecular weight is 246 g/mol. The van der Waals surface area contributed by atoms with Gasteiger partial charge in [0.15, 0.2) is 0 Å². The van der Waals surface area contributed by atoms with Crippen molar-refractivity contribution in [3.05, 3.63) is 24.3 Å². The van der Waals surface area contributed by atoms with Crippen LogP contribution in [0.15, 0.2) is 24.3 Å². The highest BCUT2D eigenvalue weighted by molar-refractivity contribution is 5.75. The smallest absolute Gasteiger partial charge is 0.243 e. The number of nitrogens with one attached hydrogen (secondary N) is 1. The molecule has 0 spiro atoms. The summed E-state index contributed by atoms with van der Waals surface area (Å²) in [6.45, 7) is 2.49. The molecule has 0 bridgehead atoms. The van der Waals surface area contributed by atoms with Crippen LogP contribution in [0.3, 0.4) is 0 Å². The Bertz CT molecular complexity index is 550. The predicted octanol–water partition coefficient (Wildman–Crippen LogP) is 0.0584. The fourth-order valence-corrected chi connectivity index (χ4v) is 1.49.